The number of benzene rings is 2. The fourth-order valence-electron chi connectivity index (χ4n) is 2.85. The Morgan fingerprint density at radius 1 is 1.07 bits per heavy atom. The van der Waals surface area contributed by atoms with Crippen LogP contribution in [0.25, 0.3) is 0 Å². The van der Waals surface area contributed by atoms with Crippen molar-refractivity contribution in [2.45, 2.75) is 39.0 Å². The summed E-state index contributed by atoms with van der Waals surface area (Å²) in [6.45, 7) is 7.75. The average molecular weight is 369 g/mol. The van der Waals surface area contributed by atoms with E-state index in [1.165, 1.54) is 5.56 Å². The lowest BCUT2D eigenvalue weighted by molar-refractivity contribution is -0.121. The molecule has 0 bridgehead atoms. The van der Waals surface area contributed by atoms with Crippen LogP contribution in [0.4, 0.5) is 0 Å². The summed E-state index contributed by atoms with van der Waals surface area (Å²) in [6, 6.07) is 13.9. The van der Waals surface area contributed by atoms with Gasteiger partial charge in [-0.1, -0.05) is 39.0 Å². The Morgan fingerprint density at radius 3 is 2.56 bits per heavy atom. The second-order valence-corrected chi connectivity index (χ2v) is 7.66. The van der Waals surface area contributed by atoms with Crippen molar-refractivity contribution in [3.05, 3.63) is 53.6 Å². The molecule has 0 saturated heterocycles. The number of nitrogens with one attached hydrogen (secondary N) is 1. The second-order valence-electron chi connectivity index (χ2n) is 7.66. The van der Waals surface area contributed by atoms with Crippen molar-refractivity contribution in [1.82, 2.24) is 5.32 Å². The van der Waals surface area contributed by atoms with Crippen LogP contribution in [-0.2, 0) is 16.6 Å². The predicted molar refractivity (Wildman–Crippen MR) is 105 cm³/mol. The third-order valence-electron chi connectivity index (χ3n) is 4.49. The first-order valence-corrected chi connectivity index (χ1v) is 9.30. The van der Waals surface area contributed by atoms with Crippen molar-refractivity contribution in [3.8, 4) is 17.2 Å². The predicted octanol–water partition coefficient (Wildman–Crippen LogP) is 3.84. The Balaban J connectivity index is 1.35. The topological polar surface area (TPSA) is 56.8 Å². The molecule has 3 rings (SSSR count). The van der Waals surface area contributed by atoms with E-state index in [0.717, 1.165) is 22.8 Å². The molecule has 0 aliphatic carbocycles. The lowest BCUT2D eigenvalue weighted by Gasteiger charge is -2.19. The van der Waals surface area contributed by atoms with E-state index in [-0.39, 0.29) is 18.1 Å². The molecule has 0 atom stereocenters. The van der Waals surface area contributed by atoms with E-state index in [1.54, 1.807) is 0 Å². The van der Waals surface area contributed by atoms with E-state index >= 15 is 0 Å². The highest BCUT2D eigenvalue weighted by Crippen LogP contribution is 2.32. The zero-order valence-corrected chi connectivity index (χ0v) is 16.2. The highest BCUT2D eigenvalue weighted by Gasteiger charge is 2.14. The molecule has 27 heavy (non-hydrogen) atoms. The molecule has 0 spiro atoms. The van der Waals surface area contributed by atoms with E-state index < -0.39 is 0 Å². The maximum Gasteiger partial charge on any atom is 0.231 e. The van der Waals surface area contributed by atoms with Gasteiger partial charge in [-0.15, -0.1) is 0 Å². The maximum absolute atomic E-state index is 12.0. The Morgan fingerprint density at radius 2 is 1.81 bits per heavy atom. The number of rotatable bonds is 7. The SMILES string of the molecule is CC(C)(C)c1ccc(OCCNC(=O)CCc2ccc3c(c2)OCO3)cc1. The molecule has 0 radical (unpaired) electrons. The Kier molecular flexibility index (Phi) is 5.89. The van der Waals surface area contributed by atoms with Crippen molar-refractivity contribution in [2.75, 3.05) is 19.9 Å². The van der Waals surface area contributed by atoms with Crippen LogP contribution in [0.15, 0.2) is 42.5 Å². The summed E-state index contributed by atoms with van der Waals surface area (Å²) in [5, 5.41) is 2.89. The van der Waals surface area contributed by atoms with E-state index in [0.29, 0.717) is 26.0 Å². The average Bonchev–Trinajstić information content (AvgIpc) is 3.11. The summed E-state index contributed by atoms with van der Waals surface area (Å²) in [7, 11) is 0. The third kappa shape index (κ3) is 5.39. The van der Waals surface area contributed by atoms with Gasteiger partial charge in [-0.3, -0.25) is 4.79 Å². The zero-order chi connectivity index (χ0) is 19.3. The summed E-state index contributed by atoms with van der Waals surface area (Å²) in [6.07, 6.45) is 1.09. The Hall–Kier alpha value is -2.69. The Bertz CT molecular complexity index is 778. The van der Waals surface area contributed by atoms with Gasteiger partial charge in [-0.05, 0) is 47.2 Å². The fraction of sp³-hybridized carbons (Fsp3) is 0.409. The van der Waals surface area contributed by atoms with Gasteiger partial charge >= 0.3 is 0 Å². The first kappa shape index (κ1) is 19.1. The zero-order valence-electron chi connectivity index (χ0n) is 16.2. The summed E-state index contributed by atoms with van der Waals surface area (Å²) in [4.78, 5) is 12.0. The molecular weight excluding hydrogens is 342 g/mol. The minimum absolute atomic E-state index is 0.0133. The molecule has 1 heterocycles. The van der Waals surface area contributed by atoms with Crippen LogP contribution < -0.4 is 19.5 Å². The van der Waals surface area contributed by atoms with Gasteiger partial charge in [0, 0.05) is 6.42 Å². The van der Waals surface area contributed by atoms with Gasteiger partial charge in [0.15, 0.2) is 11.5 Å². The van der Waals surface area contributed by atoms with Crippen LogP contribution in [0.3, 0.4) is 0 Å². The number of amides is 1. The number of aryl methyl sites for hydroxylation is 1. The van der Waals surface area contributed by atoms with Crippen LogP contribution in [0.1, 0.15) is 38.3 Å². The molecule has 2 aromatic carbocycles. The first-order chi connectivity index (χ1) is 12.9. The van der Waals surface area contributed by atoms with E-state index in [9.17, 15) is 4.79 Å². The van der Waals surface area contributed by atoms with Crippen LogP contribution in [-0.4, -0.2) is 25.9 Å². The van der Waals surface area contributed by atoms with Crippen molar-refractivity contribution in [3.63, 3.8) is 0 Å². The standard InChI is InChI=1S/C22H27NO4/c1-22(2,3)17-6-8-18(9-7-17)25-13-12-23-21(24)11-5-16-4-10-19-20(14-16)27-15-26-19/h4,6-10,14H,5,11-13,15H2,1-3H3,(H,23,24). The molecule has 1 aliphatic rings. The highest BCUT2D eigenvalue weighted by atomic mass is 16.7. The summed E-state index contributed by atoms with van der Waals surface area (Å²) in [5.74, 6) is 2.34. The molecule has 0 unspecified atom stereocenters. The Labute approximate surface area is 160 Å². The first-order valence-electron chi connectivity index (χ1n) is 9.30. The summed E-state index contributed by atoms with van der Waals surface area (Å²) < 4.78 is 16.3. The van der Waals surface area contributed by atoms with Gasteiger partial charge in [0.1, 0.15) is 12.4 Å². The van der Waals surface area contributed by atoms with Gasteiger partial charge in [0.05, 0.1) is 6.54 Å². The van der Waals surface area contributed by atoms with Crippen LogP contribution in [0, 0.1) is 0 Å². The lowest BCUT2D eigenvalue weighted by atomic mass is 9.87. The molecule has 0 saturated carbocycles. The fourth-order valence-corrected chi connectivity index (χ4v) is 2.85. The monoisotopic (exact) mass is 369 g/mol. The number of hydrogen-bond donors (Lipinski definition) is 1. The molecule has 0 aromatic heterocycles. The van der Waals surface area contributed by atoms with Gasteiger partial charge in [-0.2, -0.15) is 0 Å². The molecule has 0 fully saturated rings. The van der Waals surface area contributed by atoms with E-state index in [2.05, 4.69) is 38.2 Å². The van der Waals surface area contributed by atoms with E-state index in [4.69, 9.17) is 14.2 Å². The quantitative estimate of drug-likeness (QED) is 0.754. The minimum Gasteiger partial charge on any atom is -0.492 e. The van der Waals surface area contributed by atoms with Crippen molar-refractivity contribution < 1.29 is 19.0 Å². The maximum atomic E-state index is 12.0. The lowest BCUT2D eigenvalue weighted by Crippen LogP contribution is -2.28. The third-order valence-corrected chi connectivity index (χ3v) is 4.49. The van der Waals surface area contributed by atoms with Crippen LogP contribution >= 0.6 is 0 Å². The number of carbonyl (C=O) groups excluding carboxylic acids is 1. The number of ether oxygens (including phenoxy) is 3. The smallest absolute Gasteiger partial charge is 0.231 e. The molecule has 5 nitrogen and oxygen atoms in total. The van der Waals surface area contributed by atoms with Gasteiger partial charge in [0.25, 0.3) is 0 Å². The molecule has 1 amide bonds. The van der Waals surface area contributed by atoms with Crippen LogP contribution in [0.5, 0.6) is 17.2 Å². The van der Waals surface area contributed by atoms with Crippen molar-refractivity contribution in [2.24, 2.45) is 0 Å². The van der Waals surface area contributed by atoms with Crippen LogP contribution in [0.2, 0.25) is 0 Å². The molecule has 1 aliphatic heterocycles. The van der Waals surface area contributed by atoms with Crippen molar-refractivity contribution in [1.29, 1.82) is 0 Å². The number of fused-ring (bicyclic) bond motifs is 1. The number of carbonyl (C=O) groups is 1. The van der Waals surface area contributed by atoms with Crippen molar-refractivity contribution >= 4 is 5.91 Å². The molecule has 144 valence electrons. The molecule has 2 aromatic rings. The molecule has 5 heteroatoms. The van der Waals surface area contributed by atoms with Gasteiger partial charge in [0.2, 0.25) is 12.7 Å². The normalized spacial score (nSPS) is 12.7. The second kappa shape index (κ2) is 8.33. The molecular formula is C22H27NO4. The van der Waals surface area contributed by atoms with E-state index in [1.807, 2.05) is 30.3 Å². The summed E-state index contributed by atoms with van der Waals surface area (Å²) in [5.41, 5.74) is 2.46. The van der Waals surface area contributed by atoms with Gasteiger partial charge in [-0.25, -0.2) is 0 Å². The number of hydrogen-bond acceptors (Lipinski definition) is 4. The largest absolute Gasteiger partial charge is 0.492 e. The molecule has 1 N–H and O–H groups in total. The minimum atomic E-state index is 0.0133. The van der Waals surface area contributed by atoms with Gasteiger partial charge < -0.3 is 19.5 Å². The highest BCUT2D eigenvalue weighted by molar-refractivity contribution is 5.76. The summed E-state index contributed by atoms with van der Waals surface area (Å²) >= 11 is 0.